The fourth-order valence-electron chi connectivity index (χ4n) is 2.66. The second-order valence-electron chi connectivity index (χ2n) is 5.45. The number of hydrogen-bond donors (Lipinski definition) is 1. The van der Waals surface area contributed by atoms with Crippen molar-refractivity contribution in [3.8, 4) is 0 Å². The summed E-state index contributed by atoms with van der Waals surface area (Å²) in [5.41, 5.74) is 1.73. The number of nitrogens with zero attached hydrogens (tertiary/aromatic N) is 1. The molecule has 0 amide bonds. The summed E-state index contributed by atoms with van der Waals surface area (Å²) in [5.74, 6) is -0.290. The Morgan fingerprint density at radius 1 is 1.41 bits per heavy atom. The number of anilines is 1. The molecule has 1 aromatic carbocycles. The average Bonchev–Trinajstić information content (AvgIpc) is 2.58. The minimum Gasteiger partial charge on any atom is -0.389 e. The van der Waals surface area contributed by atoms with E-state index in [0.29, 0.717) is 5.56 Å². The third kappa shape index (κ3) is 2.29. The highest BCUT2D eigenvalue weighted by Crippen LogP contribution is 2.37. The fourth-order valence-corrected chi connectivity index (χ4v) is 2.66. The quantitative estimate of drug-likeness (QED) is 0.853. The van der Waals surface area contributed by atoms with Crippen molar-refractivity contribution in [2.75, 3.05) is 11.4 Å². The molecule has 1 heterocycles. The molecule has 94 valence electrons. The number of hydrogen-bond acceptors (Lipinski definition) is 2. The molecule has 2 rings (SSSR count). The molecule has 0 aromatic heterocycles. The molecular weight excluding hydrogens is 217 g/mol. The van der Waals surface area contributed by atoms with Crippen molar-refractivity contribution in [2.45, 2.75) is 45.3 Å². The van der Waals surface area contributed by atoms with E-state index >= 15 is 0 Å². The van der Waals surface area contributed by atoms with Crippen molar-refractivity contribution in [1.29, 1.82) is 0 Å². The largest absolute Gasteiger partial charge is 0.389 e. The molecule has 1 aromatic rings. The van der Waals surface area contributed by atoms with Crippen LogP contribution in [0.3, 0.4) is 0 Å². The third-order valence-corrected chi connectivity index (χ3v) is 3.63. The number of benzene rings is 1. The first-order valence-electron chi connectivity index (χ1n) is 6.17. The molecule has 0 saturated carbocycles. The summed E-state index contributed by atoms with van der Waals surface area (Å²) in [6.45, 7) is 7.03. The summed E-state index contributed by atoms with van der Waals surface area (Å²) < 4.78 is 13.3. The molecule has 1 fully saturated rings. The minimum absolute atomic E-state index is 0.0848. The van der Waals surface area contributed by atoms with Crippen LogP contribution in [0.15, 0.2) is 18.2 Å². The summed E-state index contributed by atoms with van der Waals surface area (Å²) >= 11 is 0. The first-order chi connectivity index (χ1) is 7.92. The van der Waals surface area contributed by atoms with Gasteiger partial charge in [0, 0.05) is 23.3 Å². The lowest BCUT2D eigenvalue weighted by atomic mass is 9.99. The predicted octanol–water partition coefficient (Wildman–Crippen LogP) is 3.26. The van der Waals surface area contributed by atoms with Gasteiger partial charge in [0.15, 0.2) is 0 Å². The maximum atomic E-state index is 13.3. The standard InChI is InChI=1S/C14H20FNO/c1-10(17)12-9-11(15)5-6-13(12)16-8-4-7-14(16,2)3/h5-6,9-10,17H,4,7-8H2,1-3H3. The van der Waals surface area contributed by atoms with Crippen LogP contribution in [-0.4, -0.2) is 17.2 Å². The van der Waals surface area contributed by atoms with Crippen molar-refractivity contribution in [1.82, 2.24) is 0 Å². The van der Waals surface area contributed by atoms with Gasteiger partial charge in [-0.15, -0.1) is 0 Å². The van der Waals surface area contributed by atoms with Crippen LogP contribution in [0.4, 0.5) is 10.1 Å². The first-order valence-corrected chi connectivity index (χ1v) is 6.17. The Balaban J connectivity index is 2.44. The molecule has 1 saturated heterocycles. The molecule has 1 N–H and O–H groups in total. The zero-order valence-electron chi connectivity index (χ0n) is 10.7. The average molecular weight is 237 g/mol. The SMILES string of the molecule is CC(O)c1cc(F)ccc1N1CCCC1(C)C. The van der Waals surface area contributed by atoms with E-state index in [2.05, 4.69) is 18.7 Å². The normalized spacial score (nSPS) is 20.6. The zero-order chi connectivity index (χ0) is 12.6. The van der Waals surface area contributed by atoms with Crippen LogP contribution >= 0.6 is 0 Å². The van der Waals surface area contributed by atoms with Gasteiger partial charge in [-0.05, 0) is 51.8 Å². The van der Waals surface area contributed by atoms with Gasteiger partial charge in [-0.2, -0.15) is 0 Å². The number of rotatable bonds is 2. The van der Waals surface area contributed by atoms with E-state index in [1.54, 1.807) is 13.0 Å². The number of aliphatic hydroxyl groups is 1. The molecule has 2 nitrogen and oxygen atoms in total. The molecule has 0 radical (unpaired) electrons. The Morgan fingerprint density at radius 2 is 2.12 bits per heavy atom. The Kier molecular flexibility index (Phi) is 3.13. The van der Waals surface area contributed by atoms with Gasteiger partial charge < -0.3 is 10.0 Å². The van der Waals surface area contributed by atoms with E-state index in [4.69, 9.17) is 0 Å². The van der Waals surface area contributed by atoms with E-state index in [0.717, 1.165) is 25.1 Å². The fraction of sp³-hybridized carbons (Fsp3) is 0.571. The topological polar surface area (TPSA) is 23.5 Å². The van der Waals surface area contributed by atoms with Gasteiger partial charge in [0.2, 0.25) is 0 Å². The van der Waals surface area contributed by atoms with Crippen LogP contribution in [0.2, 0.25) is 0 Å². The van der Waals surface area contributed by atoms with Crippen molar-refractivity contribution < 1.29 is 9.50 Å². The Bertz CT molecular complexity index is 415. The second kappa shape index (κ2) is 4.30. The lowest BCUT2D eigenvalue weighted by Gasteiger charge is -2.35. The summed E-state index contributed by atoms with van der Waals surface area (Å²) in [6, 6.07) is 4.69. The van der Waals surface area contributed by atoms with Gasteiger partial charge in [0.1, 0.15) is 5.82 Å². The summed E-state index contributed by atoms with van der Waals surface area (Å²) in [4.78, 5) is 2.27. The lowest BCUT2D eigenvalue weighted by Crippen LogP contribution is -2.38. The molecular formula is C14H20FNO. The first kappa shape index (κ1) is 12.4. The highest BCUT2D eigenvalue weighted by atomic mass is 19.1. The van der Waals surface area contributed by atoms with E-state index in [-0.39, 0.29) is 11.4 Å². The van der Waals surface area contributed by atoms with Crippen molar-refractivity contribution >= 4 is 5.69 Å². The number of halogens is 1. The Labute approximate surface area is 102 Å². The third-order valence-electron chi connectivity index (χ3n) is 3.63. The summed E-state index contributed by atoms with van der Waals surface area (Å²) in [5, 5.41) is 9.77. The van der Waals surface area contributed by atoms with Gasteiger partial charge in [-0.1, -0.05) is 0 Å². The second-order valence-corrected chi connectivity index (χ2v) is 5.45. The van der Waals surface area contributed by atoms with Crippen LogP contribution in [0.1, 0.15) is 45.3 Å². The molecule has 3 heteroatoms. The molecule has 0 bridgehead atoms. The van der Waals surface area contributed by atoms with E-state index < -0.39 is 6.10 Å². The van der Waals surface area contributed by atoms with Crippen LogP contribution in [-0.2, 0) is 0 Å². The van der Waals surface area contributed by atoms with Gasteiger partial charge in [-0.25, -0.2) is 4.39 Å². The van der Waals surface area contributed by atoms with E-state index in [1.807, 2.05) is 0 Å². The molecule has 1 unspecified atom stereocenters. The molecule has 17 heavy (non-hydrogen) atoms. The van der Waals surface area contributed by atoms with Crippen molar-refractivity contribution in [3.63, 3.8) is 0 Å². The van der Waals surface area contributed by atoms with Gasteiger partial charge in [0.05, 0.1) is 6.10 Å². The monoisotopic (exact) mass is 237 g/mol. The predicted molar refractivity (Wildman–Crippen MR) is 67.7 cm³/mol. The van der Waals surface area contributed by atoms with Crippen molar-refractivity contribution in [2.24, 2.45) is 0 Å². The molecule has 0 spiro atoms. The van der Waals surface area contributed by atoms with Crippen LogP contribution in [0, 0.1) is 5.82 Å². The smallest absolute Gasteiger partial charge is 0.123 e. The van der Waals surface area contributed by atoms with Crippen molar-refractivity contribution in [3.05, 3.63) is 29.6 Å². The number of aliphatic hydroxyl groups excluding tert-OH is 1. The highest BCUT2D eigenvalue weighted by molar-refractivity contribution is 5.57. The van der Waals surface area contributed by atoms with Gasteiger partial charge >= 0.3 is 0 Å². The van der Waals surface area contributed by atoms with Gasteiger partial charge in [0.25, 0.3) is 0 Å². The minimum atomic E-state index is -0.642. The van der Waals surface area contributed by atoms with Crippen LogP contribution in [0.5, 0.6) is 0 Å². The molecule has 1 atom stereocenters. The highest BCUT2D eigenvalue weighted by Gasteiger charge is 2.33. The summed E-state index contributed by atoms with van der Waals surface area (Å²) in [6.07, 6.45) is 1.63. The Morgan fingerprint density at radius 3 is 2.65 bits per heavy atom. The molecule has 0 aliphatic carbocycles. The summed E-state index contributed by atoms with van der Waals surface area (Å²) in [7, 11) is 0. The Hall–Kier alpha value is -1.09. The molecule has 1 aliphatic rings. The van der Waals surface area contributed by atoms with E-state index in [1.165, 1.54) is 12.1 Å². The van der Waals surface area contributed by atoms with Crippen LogP contribution < -0.4 is 4.90 Å². The maximum Gasteiger partial charge on any atom is 0.123 e. The lowest BCUT2D eigenvalue weighted by molar-refractivity contribution is 0.199. The van der Waals surface area contributed by atoms with E-state index in [9.17, 15) is 9.50 Å². The van der Waals surface area contributed by atoms with Gasteiger partial charge in [-0.3, -0.25) is 0 Å². The van der Waals surface area contributed by atoms with Crippen LogP contribution in [0.25, 0.3) is 0 Å². The molecule has 1 aliphatic heterocycles. The zero-order valence-corrected chi connectivity index (χ0v) is 10.7. The maximum absolute atomic E-state index is 13.3.